The molecule has 0 saturated carbocycles. The zero-order chi connectivity index (χ0) is 19.8. The fourth-order valence-corrected chi connectivity index (χ4v) is 2.85. The second-order valence-electron chi connectivity index (χ2n) is 6.07. The topological polar surface area (TPSA) is 79.2 Å². The summed E-state index contributed by atoms with van der Waals surface area (Å²) in [4.78, 5) is 25.0. The lowest BCUT2D eigenvalue weighted by atomic mass is 9.91. The highest BCUT2D eigenvalue weighted by molar-refractivity contribution is 5.94. The number of hydrogen-bond acceptors (Lipinski definition) is 4. The van der Waals surface area contributed by atoms with Crippen molar-refractivity contribution in [2.45, 2.75) is 5.92 Å². The highest BCUT2D eigenvalue weighted by atomic mass is 16.5. The van der Waals surface area contributed by atoms with Gasteiger partial charge < -0.3 is 10.1 Å². The van der Waals surface area contributed by atoms with Crippen molar-refractivity contribution in [1.82, 2.24) is 0 Å². The van der Waals surface area contributed by atoms with E-state index in [0.29, 0.717) is 11.3 Å². The maximum atomic E-state index is 12.8. The molecule has 5 heteroatoms. The Labute approximate surface area is 163 Å². The molecule has 3 aromatic carbocycles. The molecule has 0 atom stereocenters. The first kappa shape index (κ1) is 18.9. The number of nitriles is 1. The highest BCUT2D eigenvalue weighted by Gasteiger charge is 2.24. The van der Waals surface area contributed by atoms with Gasteiger partial charge in [-0.25, -0.2) is 0 Å². The number of amides is 1. The predicted octanol–water partition coefficient (Wildman–Crippen LogP) is 3.87. The molecule has 3 aromatic rings. The smallest absolute Gasteiger partial charge is 0.318 e. The van der Waals surface area contributed by atoms with Crippen molar-refractivity contribution in [3.05, 3.63) is 102 Å². The van der Waals surface area contributed by atoms with Crippen molar-refractivity contribution < 1.29 is 14.3 Å². The largest absolute Gasteiger partial charge is 0.455 e. The minimum atomic E-state index is -0.624. The number of ether oxygens (including phenoxy) is 1. The first-order chi connectivity index (χ1) is 13.7. The molecular weight excluding hydrogens is 352 g/mol. The fourth-order valence-electron chi connectivity index (χ4n) is 2.85. The van der Waals surface area contributed by atoms with Crippen molar-refractivity contribution in [3.63, 3.8) is 0 Å². The van der Waals surface area contributed by atoms with Crippen LogP contribution >= 0.6 is 0 Å². The van der Waals surface area contributed by atoms with Gasteiger partial charge in [0.25, 0.3) is 5.91 Å². The summed E-state index contributed by atoms with van der Waals surface area (Å²) in [7, 11) is 0. The van der Waals surface area contributed by atoms with Gasteiger partial charge in [0, 0.05) is 0 Å². The van der Waals surface area contributed by atoms with Crippen LogP contribution in [-0.4, -0.2) is 18.5 Å². The van der Waals surface area contributed by atoms with Gasteiger partial charge in [0.15, 0.2) is 6.61 Å². The number of hydrogen-bond donors (Lipinski definition) is 1. The van der Waals surface area contributed by atoms with E-state index in [2.05, 4.69) is 5.32 Å². The summed E-state index contributed by atoms with van der Waals surface area (Å²) in [6, 6.07) is 27.2. The van der Waals surface area contributed by atoms with E-state index in [1.165, 1.54) is 0 Å². The van der Waals surface area contributed by atoms with Crippen LogP contribution in [0.4, 0.5) is 5.69 Å². The Hall–Kier alpha value is -3.91. The van der Waals surface area contributed by atoms with Crippen LogP contribution in [0.15, 0.2) is 84.9 Å². The Bertz CT molecular complexity index is 956. The van der Waals surface area contributed by atoms with Crippen molar-refractivity contribution in [3.8, 4) is 6.07 Å². The monoisotopic (exact) mass is 370 g/mol. The van der Waals surface area contributed by atoms with Crippen LogP contribution in [0.1, 0.15) is 22.6 Å². The SMILES string of the molecule is N#Cc1ccccc1NC(=O)COC(=O)C(c1ccccc1)c1ccccc1. The molecule has 0 spiro atoms. The number of nitrogens with zero attached hydrogens (tertiary/aromatic N) is 1. The molecule has 0 aliphatic rings. The van der Waals surface area contributed by atoms with E-state index in [-0.39, 0.29) is 0 Å². The van der Waals surface area contributed by atoms with Crippen LogP contribution < -0.4 is 5.32 Å². The molecule has 1 amide bonds. The Balaban J connectivity index is 1.71. The molecule has 0 bridgehead atoms. The second-order valence-corrected chi connectivity index (χ2v) is 6.07. The van der Waals surface area contributed by atoms with Crippen LogP contribution in [0.3, 0.4) is 0 Å². The van der Waals surface area contributed by atoms with E-state index in [9.17, 15) is 9.59 Å². The number of nitrogens with one attached hydrogen (secondary N) is 1. The van der Waals surface area contributed by atoms with Crippen LogP contribution in [0, 0.1) is 11.3 Å². The highest BCUT2D eigenvalue weighted by Crippen LogP contribution is 2.26. The summed E-state index contributed by atoms with van der Waals surface area (Å²) < 4.78 is 5.29. The number of esters is 1. The van der Waals surface area contributed by atoms with Gasteiger partial charge in [-0.15, -0.1) is 0 Å². The summed E-state index contributed by atoms with van der Waals surface area (Å²) in [5.74, 6) is -1.64. The molecule has 28 heavy (non-hydrogen) atoms. The number of carbonyl (C=O) groups excluding carboxylic acids is 2. The van der Waals surface area contributed by atoms with Gasteiger partial charge >= 0.3 is 5.97 Å². The van der Waals surface area contributed by atoms with Gasteiger partial charge in [-0.1, -0.05) is 72.8 Å². The van der Waals surface area contributed by atoms with Gasteiger partial charge in [-0.3, -0.25) is 9.59 Å². The Morgan fingerprint density at radius 2 is 1.39 bits per heavy atom. The van der Waals surface area contributed by atoms with E-state index in [4.69, 9.17) is 10.00 Å². The summed E-state index contributed by atoms with van der Waals surface area (Å²) in [5, 5.41) is 11.7. The zero-order valence-corrected chi connectivity index (χ0v) is 15.0. The van der Waals surface area contributed by atoms with E-state index >= 15 is 0 Å². The molecule has 0 radical (unpaired) electrons. The lowest BCUT2D eigenvalue weighted by molar-refractivity contribution is -0.147. The molecule has 0 aliphatic heterocycles. The summed E-state index contributed by atoms with van der Waals surface area (Å²) in [6.07, 6.45) is 0. The van der Waals surface area contributed by atoms with E-state index < -0.39 is 24.4 Å². The number of carbonyl (C=O) groups is 2. The number of benzene rings is 3. The summed E-state index contributed by atoms with van der Waals surface area (Å²) in [6.45, 7) is -0.436. The van der Waals surface area contributed by atoms with Gasteiger partial charge in [-0.05, 0) is 23.3 Å². The second kappa shape index (κ2) is 9.15. The average Bonchev–Trinajstić information content (AvgIpc) is 2.74. The third kappa shape index (κ3) is 4.63. The van der Waals surface area contributed by atoms with E-state index in [1.807, 2.05) is 66.7 Å². The maximum absolute atomic E-state index is 12.8. The quantitative estimate of drug-likeness (QED) is 0.668. The van der Waals surface area contributed by atoms with Gasteiger partial charge in [0.05, 0.1) is 11.3 Å². The van der Waals surface area contributed by atoms with Crippen LogP contribution in [0.2, 0.25) is 0 Å². The Kier molecular flexibility index (Phi) is 6.17. The molecule has 1 N–H and O–H groups in total. The summed E-state index contributed by atoms with van der Waals surface area (Å²) in [5.41, 5.74) is 2.30. The molecular formula is C23H18N2O3. The molecule has 0 aliphatic carbocycles. The third-order valence-corrected chi connectivity index (χ3v) is 4.17. The van der Waals surface area contributed by atoms with Crippen LogP contribution in [0.25, 0.3) is 0 Å². The molecule has 138 valence electrons. The first-order valence-corrected chi connectivity index (χ1v) is 8.74. The Morgan fingerprint density at radius 1 is 0.857 bits per heavy atom. The van der Waals surface area contributed by atoms with Crippen LogP contribution in [-0.2, 0) is 14.3 Å². The van der Waals surface area contributed by atoms with E-state index in [1.54, 1.807) is 24.3 Å². The molecule has 0 unspecified atom stereocenters. The van der Waals surface area contributed by atoms with Crippen LogP contribution in [0.5, 0.6) is 0 Å². The maximum Gasteiger partial charge on any atom is 0.318 e. The minimum absolute atomic E-state index is 0.341. The first-order valence-electron chi connectivity index (χ1n) is 8.74. The van der Waals surface area contributed by atoms with Crippen molar-refractivity contribution >= 4 is 17.6 Å². The molecule has 0 aromatic heterocycles. The van der Waals surface area contributed by atoms with Gasteiger partial charge in [-0.2, -0.15) is 5.26 Å². The van der Waals surface area contributed by atoms with Crippen molar-refractivity contribution in [2.24, 2.45) is 0 Å². The van der Waals surface area contributed by atoms with Crippen molar-refractivity contribution in [1.29, 1.82) is 5.26 Å². The molecule has 5 nitrogen and oxygen atoms in total. The molecule has 0 fully saturated rings. The van der Waals surface area contributed by atoms with Crippen molar-refractivity contribution in [2.75, 3.05) is 11.9 Å². The average molecular weight is 370 g/mol. The molecule has 0 saturated heterocycles. The zero-order valence-electron chi connectivity index (χ0n) is 15.0. The Morgan fingerprint density at radius 3 is 1.96 bits per heavy atom. The number of anilines is 1. The van der Waals surface area contributed by atoms with Gasteiger partial charge in [0.2, 0.25) is 0 Å². The number of para-hydroxylation sites is 1. The number of rotatable bonds is 6. The summed E-state index contributed by atoms with van der Waals surface area (Å²) >= 11 is 0. The fraction of sp³-hybridized carbons (Fsp3) is 0.0870. The standard InChI is InChI=1S/C23H18N2O3/c24-15-19-13-7-8-14-20(19)25-21(26)16-28-23(27)22(17-9-3-1-4-10-17)18-11-5-2-6-12-18/h1-14,22H,16H2,(H,25,26). The predicted molar refractivity (Wildman–Crippen MR) is 105 cm³/mol. The molecule has 0 heterocycles. The normalized spacial score (nSPS) is 10.1. The van der Waals surface area contributed by atoms with Gasteiger partial charge in [0.1, 0.15) is 12.0 Å². The lowest BCUT2D eigenvalue weighted by Crippen LogP contribution is -2.24. The van der Waals surface area contributed by atoms with E-state index in [0.717, 1.165) is 11.1 Å². The minimum Gasteiger partial charge on any atom is -0.455 e. The molecule has 3 rings (SSSR count). The third-order valence-electron chi connectivity index (χ3n) is 4.17. The lowest BCUT2D eigenvalue weighted by Gasteiger charge is -2.17.